The summed E-state index contributed by atoms with van der Waals surface area (Å²) in [4.78, 5) is 13.8. The SMILES string of the molecule is Cc1cc(C)cc(C(=O)OF)c1. The highest BCUT2D eigenvalue weighted by atomic mass is 19.3. The van der Waals surface area contributed by atoms with Gasteiger partial charge in [0.2, 0.25) is 0 Å². The fraction of sp³-hybridized carbons (Fsp3) is 0.222. The van der Waals surface area contributed by atoms with Gasteiger partial charge in [-0.05, 0) is 26.0 Å². The average Bonchev–Trinajstić information content (AvgIpc) is 2.01. The fourth-order valence-corrected chi connectivity index (χ4v) is 1.14. The van der Waals surface area contributed by atoms with Crippen LogP contribution < -0.4 is 0 Å². The Morgan fingerprint density at radius 1 is 1.25 bits per heavy atom. The van der Waals surface area contributed by atoms with Gasteiger partial charge in [-0.15, -0.1) is 0 Å². The molecule has 0 saturated carbocycles. The van der Waals surface area contributed by atoms with Crippen molar-refractivity contribution >= 4 is 5.97 Å². The van der Waals surface area contributed by atoms with Crippen molar-refractivity contribution in [3.8, 4) is 0 Å². The molecule has 0 aromatic heterocycles. The number of hydrogen-bond acceptors (Lipinski definition) is 2. The lowest BCUT2D eigenvalue weighted by molar-refractivity contribution is -0.0788. The third-order valence-corrected chi connectivity index (χ3v) is 1.53. The molecule has 0 spiro atoms. The van der Waals surface area contributed by atoms with Crippen LogP contribution in [0.25, 0.3) is 0 Å². The summed E-state index contributed by atoms with van der Waals surface area (Å²) in [5.41, 5.74) is 2.07. The standard InChI is InChI=1S/C9H9FO2/c1-6-3-7(2)5-8(4-6)9(11)12-10/h3-5H,1-2H3. The van der Waals surface area contributed by atoms with E-state index in [4.69, 9.17) is 0 Å². The monoisotopic (exact) mass is 168 g/mol. The molecule has 1 aromatic carbocycles. The molecule has 0 aliphatic carbocycles. The molecule has 2 nitrogen and oxygen atoms in total. The summed E-state index contributed by atoms with van der Waals surface area (Å²) in [6.07, 6.45) is 0. The van der Waals surface area contributed by atoms with Crippen molar-refractivity contribution in [3.05, 3.63) is 34.9 Å². The van der Waals surface area contributed by atoms with Crippen LogP contribution in [0.3, 0.4) is 0 Å². The van der Waals surface area contributed by atoms with Crippen LogP contribution in [0, 0.1) is 13.8 Å². The average molecular weight is 168 g/mol. The quantitative estimate of drug-likeness (QED) is 0.643. The maximum atomic E-state index is 11.5. The molecule has 0 aliphatic heterocycles. The first kappa shape index (κ1) is 8.71. The van der Waals surface area contributed by atoms with Gasteiger partial charge in [-0.25, -0.2) is 9.74 Å². The third kappa shape index (κ3) is 1.81. The highest BCUT2D eigenvalue weighted by Crippen LogP contribution is 2.09. The van der Waals surface area contributed by atoms with E-state index in [0.717, 1.165) is 11.1 Å². The molecule has 0 N–H and O–H groups in total. The Morgan fingerprint density at radius 2 is 1.75 bits per heavy atom. The van der Waals surface area contributed by atoms with Gasteiger partial charge in [0.15, 0.2) is 0 Å². The van der Waals surface area contributed by atoms with Crippen LogP contribution in [0.4, 0.5) is 4.53 Å². The highest BCUT2D eigenvalue weighted by Gasteiger charge is 2.07. The van der Waals surface area contributed by atoms with E-state index in [-0.39, 0.29) is 5.56 Å². The summed E-state index contributed by atoms with van der Waals surface area (Å²) in [7, 11) is 0. The number of hydrogen-bond donors (Lipinski definition) is 0. The van der Waals surface area contributed by atoms with Gasteiger partial charge in [-0.3, -0.25) is 0 Å². The Kier molecular flexibility index (Phi) is 2.43. The molecule has 1 aromatic rings. The molecule has 0 atom stereocenters. The van der Waals surface area contributed by atoms with E-state index in [0.29, 0.717) is 0 Å². The van der Waals surface area contributed by atoms with Crippen LogP contribution >= 0.6 is 0 Å². The zero-order valence-electron chi connectivity index (χ0n) is 6.93. The van der Waals surface area contributed by atoms with Gasteiger partial charge in [0.25, 0.3) is 0 Å². The van der Waals surface area contributed by atoms with Crippen molar-refractivity contribution in [2.24, 2.45) is 0 Å². The lowest BCUT2D eigenvalue weighted by atomic mass is 10.1. The van der Waals surface area contributed by atoms with Crippen LogP contribution in [0.15, 0.2) is 18.2 Å². The highest BCUT2D eigenvalue weighted by molar-refractivity contribution is 5.89. The Balaban J connectivity index is 3.08. The maximum absolute atomic E-state index is 11.5. The molecule has 0 heterocycles. The summed E-state index contributed by atoms with van der Waals surface area (Å²) in [6, 6.07) is 5.05. The minimum absolute atomic E-state index is 0.245. The topological polar surface area (TPSA) is 26.3 Å². The minimum Gasteiger partial charge on any atom is -0.249 e. The number of carbonyl (C=O) groups excluding carboxylic acids is 1. The second-order valence-electron chi connectivity index (χ2n) is 2.74. The Bertz CT molecular complexity index is 287. The summed E-state index contributed by atoms with van der Waals surface area (Å²) in [6.45, 7) is 3.67. The number of benzene rings is 1. The minimum atomic E-state index is -0.943. The first-order valence-electron chi connectivity index (χ1n) is 3.54. The van der Waals surface area contributed by atoms with E-state index in [9.17, 15) is 9.32 Å². The van der Waals surface area contributed by atoms with Crippen LogP contribution in [0.5, 0.6) is 0 Å². The van der Waals surface area contributed by atoms with Crippen molar-refractivity contribution < 1.29 is 14.3 Å². The van der Waals surface area contributed by atoms with E-state index in [2.05, 4.69) is 4.94 Å². The van der Waals surface area contributed by atoms with Gasteiger partial charge in [-0.2, -0.15) is 0 Å². The van der Waals surface area contributed by atoms with Gasteiger partial charge in [-0.1, -0.05) is 17.2 Å². The van der Waals surface area contributed by atoms with Crippen molar-refractivity contribution in [2.45, 2.75) is 13.8 Å². The summed E-state index contributed by atoms with van der Waals surface area (Å²) in [5, 5.41) is 0. The van der Waals surface area contributed by atoms with Gasteiger partial charge >= 0.3 is 5.97 Å². The third-order valence-electron chi connectivity index (χ3n) is 1.53. The smallest absolute Gasteiger partial charge is 0.249 e. The van der Waals surface area contributed by atoms with Crippen LogP contribution in [-0.4, -0.2) is 5.97 Å². The molecule has 3 heteroatoms. The first-order chi connectivity index (χ1) is 5.63. The van der Waals surface area contributed by atoms with E-state index in [1.807, 2.05) is 19.9 Å². The van der Waals surface area contributed by atoms with E-state index < -0.39 is 5.97 Å². The molecule has 64 valence electrons. The number of halogens is 1. The van der Waals surface area contributed by atoms with Gasteiger partial charge in [0, 0.05) is 4.53 Å². The second-order valence-corrected chi connectivity index (χ2v) is 2.74. The van der Waals surface area contributed by atoms with Crippen LogP contribution in [0.1, 0.15) is 21.5 Å². The van der Waals surface area contributed by atoms with E-state index >= 15 is 0 Å². The normalized spacial score (nSPS) is 9.58. The molecular formula is C9H9FO2. The van der Waals surface area contributed by atoms with Crippen LogP contribution in [0.2, 0.25) is 0 Å². The molecule has 0 aliphatic rings. The molecule has 0 unspecified atom stereocenters. The van der Waals surface area contributed by atoms with Gasteiger partial charge in [0.1, 0.15) is 0 Å². The number of aryl methyl sites for hydroxylation is 2. The molecule has 0 saturated heterocycles. The van der Waals surface area contributed by atoms with Gasteiger partial charge in [0.05, 0.1) is 5.56 Å². The van der Waals surface area contributed by atoms with Crippen molar-refractivity contribution in [2.75, 3.05) is 0 Å². The summed E-state index contributed by atoms with van der Waals surface area (Å²) in [5.74, 6) is -0.943. The molecule has 0 amide bonds. The van der Waals surface area contributed by atoms with Crippen molar-refractivity contribution in [3.63, 3.8) is 0 Å². The molecular weight excluding hydrogens is 159 g/mol. The molecule has 0 fully saturated rings. The zero-order valence-corrected chi connectivity index (χ0v) is 6.93. The largest absolute Gasteiger partial charge is 0.379 e. The summed E-state index contributed by atoms with van der Waals surface area (Å²) < 4.78 is 11.5. The summed E-state index contributed by atoms with van der Waals surface area (Å²) >= 11 is 0. The molecule has 0 radical (unpaired) electrons. The maximum Gasteiger partial charge on any atom is 0.379 e. The van der Waals surface area contributed by atoms with Gasteiger partial charge < -0.3 is 0 Å². The first-order valence-corrected chi connectivity index (χ1v) is 3.54. The zero-order chi connectivity index (χ0) is 9.14. The van der Waals surface area contributed by atoms with Crippen LogP contribution in [-0.2, 0) is 4.94 Å². The lowest BCUT2D eigenvalue weighted by Gasteiger charge is -1.99. The molecule has 0 bridgehead atoms. The van der Waals surface area contributed by atoms with Crippen molar-refractivity contribution in [1.29, 1.82) is 0 Å². The fourth-order valence-electron chi connectivity index (χ4n) is 1.14. The van der Waals surface area contributed by atoms with E-state index in [1.54, 1.807) is 12.1 Å². The number of rotatable bonds is 1. The van der Waals surface area contributed by atoms with E-state index in [1.165, 1.54) is 0 Å². The molecule has 1 rings (SSSR count). The predicted octanol–water partition coefficient (Wildman–Crippen LogP) is 2.34. The molecule has 12 heavy (non-hydrogen) atoms. The second kappa shape index (κ2) is 3.34. The Morgan fingerprint density at radius 3 is 2.17 bits per heavy atom. The van der Waals surface area contributed by atoms with Crippen molar-refractivity contribution in [1.82, 2.24) is 0 Å². The predicted molar refractivity (Wildman–Crippen MR) is 42.4 cm³/mol. The Hall–Kier alpha value is -1.38. The lowest BCUT2D eigenvalue weighted by Crippen LogP contribution is -1.99. The Labute approximate surface area is 69.9 Å². The number of carbonyl (C=O) groups is 1.